The first kappa shape index (κ1) is 22.1. The van der Waals surface area contributed by atoms with Crippen LogP contribution in [0.25, 0.3) is 0 Å². The van der Waals surface area contributed by atoms with E-state index in [9.17, 15) is 9.79 Å². The monoisotopic (exact) mass is 378 g/mol. The summed E-state index contributed by atoms with van der Waals surface area (Å²) in [5, 5.41) is 0. The summed E-state index contributed by atoms with van der Waals surface area (Å²) in [6.45, 7) is -2.01. The van der Waals surface area contributed by atoms with Crippen LogP contribution in [0.1, 0.15) is 65.2 Å². The number of hydrogen-bond acceptors (Lipinski definition) is 5. The van der Waals surface area contributed by atoms with Crippen LogP contribution in [0, 0.1) is 0 Å². The summed E-state index contributed by atoms with van der Waals surface area (Å²) in [4.78, 5) is 18.6. The van der Waals surface area contributed by atoms with E-state index in [4.69, 9.17) is 25.2 Å². The van der Waals surface area contributed by atoms with Crippen molar-refractivity contribution in [2.45, 2.75) is 65.2 Å². The van der Waals surface area contributed by atoms with Gasteiger partial charge in [-0.15, -0.1) is 0 Å². The summed E-state index contributed by atoms with van der Waals surface area (Å²) in [7, 11) is 0. The van der Waals surface area contributed by atoms with Gasteiger partial charge in [-0.1, -0.05) is 52.4 Å². The van der Waals surface area contributed by atoms with Gasteiger partial charge in [0.2, 0.25) is 0 Å². The molecule has 0 bridgehead atoms. The largest absolute Gasteiger partial charge is 0.334 e. The van der Waals surface area contributed by atoms with Crippen LogP contribution in [0.4, 0.5) is 0 Å². The number of rotatable bonds is 14. The van der Waals surface area contributed by atoms with Crippen molar-refractivity contribution in [2.75, 3.05) is 13.2 Å². The van der Waals surface area contributed by atoms with Crippen molar-refractivity contribution >= 4 is 37.1 Å². The van der Waals surface area contributed by atoms with Gasteiger partial charge < -0.3 is 18.8 Å². The van der Waals surface area contributed by atoms with Gasteiger partial charge >= 0.3 is 13.4 Å². The molecule has 0 spiro atoms. The maximum atomic E-state index is 9.30. The van der Waals surface area contributed by atoms with Crippen LogP contribution in [0.2, 0.25) is 0 Å². The second kappa shape index (κ2) is 12.5. The van der Waals surface area contributed by atoms with Gasteiger partial charge in [0.25, 0.3) is 0 Å². The molecule has 128 valence electrons. The average Bonchev–Trinajstić information content (AvgIpc) is 2.36. The minimum atomic E-state index is -3.88. The lowest BCUT2D eigenvalue weighted by molar-refractivity contribution is 0.188. The molecular formula is C12H28O5P2S2. The van der Waals surface area contributed by atoms with Crippen molar-refractivity contribution in [1.82, 2.24) is 0 Å². The van der Waals surface area contributed by atoms with E-state index in [0.717, 1.165) is 51.4 Å². The first-order valence-electron chi connectivity index (χ1n) is 7.49. The normalized spacial score (nSPS) is 12.8. The summed E-state index contributed by atoms with van der Waals surface area (Å²) < 4.78 is 15.9. The maximum absolute atomic E-state index is 9.30. The fourth-order valence-corrected chi connectivity index (χ4v) is 6.28. The van der Waals surface area contributed by atoms with Crippen LogP contribution in [0.5, 0.6) is 0 Å². The van der Waals surface area contributed by atoms with Gasteiger partial charge in [-0.05, 0) is 36.5 Å². The molecule has 0 rings (SSSR count). The highest BCUT2D eigenvalue weighted by molar-refractivity contribution is 8.14. The molecule has 0 radical (unpaired) electrons. The van der Waals surface area contributed by atoms with E-state index in [1.807, 2.05) is 0 Å². The van der Waals surface area contributed by atoms with E-state index in [1.165, 1.54) is 0 Å². The molecule has 0 saturated heterocycles. The smallest absolute Gasteiger partial charge is 0.324 e. The molecule has 21 heavy (non-hydrogen) atoms. The van der Waals surface area contributed by atoms with Gasteiger partial charge in [-0.25, -0.2) is 4.31 Å². The van der Waals surface area contributed by atoms with Crippen molar-refractivity contribution in [3.8, 4) is 0 Å². The molecule has 0 aliphatic heterocycles. The Hall–Kier alpha value is 1.10. The van der Waals surface area contributed by atoms with E-state index >= 15 is 0 Å². The summed E-state index contributed by atoms with van der Waals surface area (Å²) in [5.74, 6) is 0. The molecular weight excluding hydrogens is 350 g/mol. The van der Waals surface area contributed by atoms with Crippen LogP contribution in [-0.4, -0.2) is 23.0 Å². The minimum absolute atomic E-state index is 0.390. The molecule has 0 amide bonds. The molecule has 0 heterocycles. The van der Waals surface area contributed by atoms with E-state index in [-0.39, 0.29) is 0 Å². The highest BCUT2D eigenvalue weighted by Gasteiger charge is 2.28. The molecule has 0 aromatic heterocycles. The Balaban J connectivity index is 4.21. The zero-order valence-corrected chi connectivity index (χ0v) is 16.3. The number of unbranched alkanes of at least 4 members (excludes halogenated alkanes) is 6. The Kier molecular flexibility index (Phi) is 13.2. The van der Waals surface area contributed by atoms with Crippen molar-refractivity contribution in [3.05, 3.63) is 0 Å². The Morgan fingerprint density at radius 2 is 1.19 bits per heavy atom. The molecule has 5 nitrogen and oxygen atoms in total. The van der Waals surface area contributed by atoms with Crippen molar-refractivity contribution in [1.29, 1.82) is 0 Å². The first-order chi connectivity index (χ1) is 9.83. The van der Waals surface area contributed by atoms with Crippen molar-refractivity contribution in [3.63, 3.8) is 0 Å². The highest BCUT2D eigenvalue weighted by Crippen LogP contribution is 2.61. The van der Waals surface area contributed by atoms with Crippen LogP contribution in [0.15, 0.2) is 0 Å². The van der Waals surface area contributed by atoms with Crippen molar-refractivity contribution in [2.24, 2.45) is 0 Å². The van der Waals surface area contributed by atoms with Gasteiger partial charge in [-0.3, -0.25) is 0 Å². The summed E-state index contributed by atoms with van der Waals surface area (Å²) in [6.07, 6.45) is 8.28. The third-order valence-corrected chi connectivity index (χ3v) is 7.18. The SMILES string of the molecule is CCCCCCOP(=S)(OCCCCCC)OP(O)(O)=S. The topological polar surface area (TPSA) is 68.2 Å². The third-order valence-electron chi connectivity index (χ3n) is 2.70. The molecule has 0 aliphatic carbocycles. The van der Waals surface area contributed by atoms with E-state index in [1.54, 1.807) is 0 Å². The standard InChI is InChI=1S/C12H28O5P2S2/c1-3-5-7-9-11-15-19(21,17-18(13,14)20)16-12-10-8-6-4-2/h3-12H2,1-2H3,(H2,13,14,20). The van der Waals surface area contributed by atoms with Gasteiger partial charge in [0.05, 0.1) is 13.2 Å². The molecule has 0 atom stereocenters. The van der Waals surface area contributed by atoms with Gasteiger partial charge in [0, 0.05) is 0 Å². The minimum Gasteiger partial charge on any atom is -0.324 e. The predicted molar refractivity (Wildman–Crippen MR) is 94.3 cm³/mol. The molecule has 0 aromatic carbocycles. The number of hydrogen-bond donors (Lipinski definition) is 2. The van der Waals surface area contributed by atoms with Gasteiger partial charge in [-0.2, -0.15) is 0 Å². The summed E-state index contributed by atoms with van der Waals surface area (Å²) in [6, 6.07) is 0. The Morgan fingerprint density at radius 3 is 1.52 bits per heavy atom. The van der Waals surface area contributed by atoms with Crippen molar-refractivity contribution < 1.29 is 23.1 Å². The van der Waals surface area contributed by atoms with Crippen LogP contribution >= 0.6 is 13.4 Å². The lowest BCUT2D eigenvalue weighted by Gasteiger charge is -2.23. The fourth-order valence-electron chi connectivity index (χ4n) is 1.63. The second-order valence-corrected chi connectivity index (χ2v) is 10.6. The van der Waals surface area contributed by atoms with Crippen LogP contribution in [-0.2, 0) is 37.0 Å². The van der Waals surface area contributed by atoms with Gasteiger partial charge in [0.1, 0.15) is 0 Å². The zero-order valence-electron chi connectivity index (χ0n) is 12.9. The molecule has 9 heteroatoms. The maximum Gasteiger partial charge on any atom is 0.334 e. The lowest BCUT2D eigenvalue weighted by atomic mass is 10.2. The lowest BCUT2D eigenvalue weighted by Crippen LogP contribution is -2.02. The molecule has 0 unspecified atom stereocenters. The molecule has 0 aliphatic rings. The average molecular weight is 378 g/mol. The van der Waals surface area contributed by atoms with E-state index < -0.39 is 13.4 Å². The Labute approximate surface area is 138 Å². The molecule has 0 fully saturated rings. The van der Waals surface area contributed by atoms with Crippen LogP contribution in [0.3, 0.4) is 0 Å². The molecule has 0 aromatic rings. The second-order valence-electron chi connectivity index (χ2n) is 4.81. The molecule has 0 saturated carbocycles. The first-order valence-corrected chi connectivity index (χ1v) is 12.7. The highest BCUT2D eigenvalue weighted by atomic mass is 32.5. The quantitative estimate of drug-likeness (QED) is 0.337. The summed E-state index contributed by atoms with van der Waals surface area (Å²) in [5.41, 5.74) is 0. The Bertz CT molecular complexity index is 331. The van der Waals surface area contributed by atoms with Crippen LogP contribution < -0.4 is 0 Å². The Morgan fingerprint density at radius 1 is 0.762 bits per heavy atom. The zero-order chi connectivity index (χ0) is 16.2. The van der Waals surface area contributed by atoms with E-state index in [2.05, 4.69) is 25.7 Å². The third kappa shape index (κ3) is 14.4. The fraction of sp³-hybridized carbons (Fsp3) is 1.00. The van der Waals surface area contributed by atoms with Gasteiger partial charge in [0.15, 0.2) is 0 Å². The van der Waals surface area contributed by atoms with E-state index in [0.29, 0.717) is 13.2 Å². The predicted octanol–water partition coefficient (Wildman–Crippen LogP) is 4.63. The molecule has 2 N–H and O–H groups in total. The summed E-state index contributed by atoms with van der Waals surface area (Å²) >= 11 is 9.67.